The Balaban J connectivity index is 2.28. The van der Waals surface area contributed by atoms with Crippen LogP contribution in [0.3, 0.4) is 0 Å². The highest BCUT2D eigenvalue weighted by atomic mass is 35.5. The highest BCUT2D eigenvalue weighted by Crippen LogP contribution is 2.31. The number of halogens is 1. The van der Waals surface area contributed by atoms with Crippen LogP contribution in [-0.4, -0.2) is 19.8 Å². The molecule has 0 heterocycles. The number of aryl methyl sites for hydroxylation is 1. The van der Waals surface area contributed by atoms with E-state index in [1.165, 1.54) is 0 Å². The lowest BCUT2D eigenvalue weighted by Crippen LogP contribution is -2.51. The molecule has 0 amide bonds. The minimum absolute atomic E-state index is 0.331. The quantitative estimate of drug-likeness (QED) is 0.868. The van der Waals surface area contributed by atoms with Crippen molar-refractivity contribution >= 4 is 21.6 Å². The number of hydrogen-bond donors (Lipinski definition) is 1. The van der Waals surface area contributed by atoms with Gasteiger partial charge in [-0.15, -0.1) is 11.6 Å². The first-order chi connectivity index (χ1) is 8.99. The fourth-order valence-corrected chi connectivity index (χ4v) is 4.81. The van der Waals surface area contributed by atoms with Crippen LogP contribution in [0.5, 0.6) is 0 Å². The lowest BCUT2D eigenvalue weighted by Gasteiger charge is -2.36. The molecule has 0 spiro atoms. The van der Waals surface area contributed by atoms with Gasteiger partial charge in [0.25, 0.3) is 0 Å². The molecule has 0 bridgehead atoms. The van der Waals surface area contributed by atoms with E-state index in [-0.39, 0.29) is 0 Å². The molecule has 1 aromatic carbocycles. The summed E-state index contributed by atoms with van der Waals surface area (Å²) in [5.41, 5.74) is 0.288. The molecule has 2 rings (SSSR count). The standard InChI is InChI=1S/C14H20ClNO2S/c1-12-7-3-4-8-13(12)19(17,18)16-14(11-15)9-5-2-6-10-14/h3-4,7-8,16H,2,5-6,9-11H2,1H3. The molecule has 1 fully saturated rings. The Bertz CT molecular complexity index is 536. The van der Waals surface area contributed by atoms with Crippen molar-refractivity contribution in [1.29, 1.82) is 0 Å². The zero-order chi connectivity index (χ0) is 13.9. The largest absolute Gasteiger partial charge is 0.241 e. The fourth-order valence-electron chi connectivity index (χ4n) is 2.69. The molecule has 1 N–H and O–H groups in total. The van der Waals surface area contributed by atoms with E-state index in [1.54, 1.807) is 12.1 Å². The number of nitrogens with one attached hydrogen (secondary N) is 1. The van der Waals surface area contributed by atoms with Crippen molar-refractivity contribution in [3.8, 4) is 0 Å². The number of sulfonamides is 1. The van der Waals surface area contributed by atoms with Crippen LogP contribution in [0, 0.1) is 6.92 Å². The van der Waals surface area contributed by atoms with E-state index in [2.05, 4.69) is 4.72 Å². The second-order valence-electron chi connectivity index (χ2n) is 5.35. The molecule has 1 aliphatic carbocycles. The monoisotopic (exact) mass is 301 g/mol. The molecule has 0 aromatic heterocycles. The average Bonchev–Trinajstić information content (AvgIpc) is 2.39. The van der Waals surface area contributed by atoms with E-state index < -0.39 is 15.6 Å². The summed E-state index contributed by atoms with van der Waals surface area (Å²) in [7, 11) is -3.50. The third-order valence-electron chi connectivity index (χ3n) is 3.80. The average molecular weight is 302 g/mol. The van der Waals surface area contributed by atoms with Crippen LogP contribution in [0.25, 0.3) is 0 Å². The van der Waals surface area contributed by atoms with E-state index in [4.69, 9.17) is 11.6 Å². The first-order valence-electron chi connectivity index (χ1n) is 6.65. The van der Waals surface area contributed by atoms with Crippen molar-refractivity contribution < 1.29 is 8.42 Å². The molecular formula is C14H20ClNO2S. The van der Waals surface area contributed by atoms with Gasteiger partial charge in [0.2, 0.25) is 10.0 Å². The minimum Gasteiger partial charge on any atom is -0.207 e. The van der Waals surface area contributed by atoms with Gasteiger partial charge in [0.15, 0.2) is 0 Å². The van der Waals surface area contributed by atoms with Gasteiger partial charge in [-0.25, -0.2) is 13.1 Å². The van der Waals surface area contributed by atoms with E-state index >= 15 is 0 Å². The summed E-state index contributed by atoms with van der Waals surface area (Å²) < 4.78 is 27.9. The maximum Gasteiger partial charge on any atom is 0.241 e. The molecule has 0 saturated heterocycles. The summed E-state index contributed by atoms with van der Waals surface area (Å²) in [5.74, 6) is 0.331. The molecular weight excluding hydrogens is 282 g/mol. The molecule has 1 aromatic rings. The second kappa shape index (κ2) is 5.81. The highest BCUT2D eigenvalue weighted by Gasteiger charge is 2.36. The molecule has 1 aliphatic rings. The summed E-state index contributed by atoms with van der Waals surface area (Å²) in [5, 5.41) is 0. The van der Waals surface area contributed by atoms with Crippen molar-refractivity contribution in [2.24, 2.45) is 0 Å². The number of rotatable bonds is 4. The van der Waals surface area contributed by atoms with Gasteiger partial charge in [0, 0.05) is 11.4 Å². The van der Waals surface area contributed by atoms with Gasteiger partial charge in [0.1, 0.15) is 0 Å². The van der Waals surface area contributed by atoms with E-state index in [0.29, 0.717) is 10.8 Å². The zero-order valence-electron chi connectivity index (χ0n) is 11.2. The Morgan fingerprint density at radius 2 is 1.84 bits per heavy atom. The Morgan fingerprint density at radius 1 is 1.21 bits per heavy atom. The normalized spacial score (nSPS) is 19.3. The summed E-state index contributed by atoms with van der Waals surface area (Å²) >= 11 is 6.04. The van der Waals surface area contributed by atoms with Gasteiger partial charge in [-0.05, 0) is 31.4 Å². The molecule has 0 atom stereocenters. The number of hydrogen-bond acceptors (Lipinski definition) is 2. The van der Waals surface area contributed by atoms with E-state index in [0.717, 1.165) is 37.7 Å². The Morgan fingerprint density at radius 3 is 2.42 bits per heavy atom. The molecule has 3 nitrogen and oxygen atoms in total. The van der Waals surface area contributed by atoms with Crippen LogP contribution >= 0.6 is 11.6 Å². The lowest BCUT2D eigenvalue weighted by atomic mass is 9.84. The maximum atomic E-state index is 12.5. The topological polar surface area (TPSA) is 46.2 Å². The first kappa shape index (κ1) is 14.8. The molecule has 5 heteroatoms. The van der Waals surface area contributed by atoms with Crippen LogP contribution in [-0.2, 0) is 10.0 Å². The van der Waals surface area contributed by atoms with Gasteiger partial charge in [-0.3, -0.25) is 0 Å². The molecule has 106 valence electrons. The zero-order valence-corrected chi connectivity index (χ0v) is 12.7. The Labute approximate surface area is 120 Å². The minimum atomic E-state index is -3.50. The van der Waals surface area contributed by atoms with Gasteiger partial charge in [-0.2, -0.15) is 0 Å². The number of benzene rings is 1. The van der Waals surface area contributed by atoms with Crippen molar-refractivity contribution in [2.75, 3.05) is 5.88 Å². The lowest BCUT2D eigenvalue weighted by molar-refractivity contribution is 0.298. The van der Waals surface area contributed by atoms with Gasteiger partial charge >= 0.3 is 0 Å². The first-order valence-corrected chi connectivity index (χ1v) is 8.66. The van der Waals surface area contributed by atoms with Crippen molar-refractivity contribution in [3.63, 3.8) is 0 Å². The second-order valence-corrected chi connectivity index (χ2v) is 7.26. The maximum absolute atomic E-state index is 12.5. The molecule has 0 radical (unpaired) electrons. The summed E-state index contributed by atoms with van der Waals surface area (Å²) in [6.45, 7) is 1.81. The highest BCUT2D eigenvalue weighted by molar-refractivity contribution is 7.89. The van der Waals surface area contributed by atoms with Crippen LogP contribution in [0.4, 0.5) is 0 Å². The van der Waals surface area contributed by atoms with Crippen molar-refractivity contribution in [2.45, 2.75) is 49.5 Å². The molecule has 0 aliphatic heterocycles. The van der Waals surface area contributed by atoms with Gasteiger partial charge < -0.3 is 0 Å². The van der Waals surface area contributed by atoms with Crippen LogP contribution in [0.1, 0.15) is 37.7 Å². The van der Waals surface area contributed by atoms with Gasteiger partial charge in [-0.1, -0.05) is 37.5 Å². The third-order valence-corrected chi connectivity index (χ3v) is 6.05. The van der Waals surface area contributed by atoms with Gasteiger partial charge in [0.05, 0.1) is 4.90 Å². The van der Waals surface area contributed by atoms with Crippen molar-refractivity contribution in [1.82, 2.24) is 4.72 Å². The van der Waals surface area contributed by atoms with Crippen LogP contribution < -0.4 is 4.72 Å². The van der Waals surface area contributed by atoms with Crippen LogP contribution in [0.2, 0.25) is 0 Å². The SMILES string of the molecule is Cc1ccccc1S(=O)(=O)NC1(CCl)CCCCC1. The van der Waals surface area contributed by atoms with E-state index in [9.17, 15) is 8.42 Å². The summed E-state index contributed by atoms with van der Waals surface area (Å²) in [6, 6.07) is 7.04. The summed E-state index contributed by atoms with van der Waals surface area (Å²) in [4.78, 5) is 0.352. The Kier molecular flexibility index (Phi) is 4.54. The molecule has 19 heavy (non-hydrogen) atoms. The summed E-state index contributed by atoms with van der Waals surface area (Å²) in [6.07, 6.45) is 4.86. The third kappa shape index (κ3) is 3.30. The molecule has 1 saturated carbocycles. The predicted octanol–water partition coefficient (Wildman–Crippen LogP) is 3.22. The van der Waals surface area contributed by atoms with Crippen molar-refractivity contribution in [3.05, 3.63) is 29.8 Å². The van der Waals surface area contributed by atoms with Crippen LogP contribution in [0.15, 0.2) is 29.2 Å². The number of alkyl halides is 1. The molecule has 0 unspecified atom stereocenters. The van der Waals surface area contributed by atoms with E-state index in [1.807, 2.05) is 19.1 Å². The fraction of sp³-hybridized carbons (Fsp3) is 0.571. The predicted molar refractivity (Wildman–Crippen MR) is 78.0 cm³/mol. The Hall–Kier alpha value is -0.580. The smallest absolute Gasteiger partial charge is 0.207 e.